The molecule has 0 bridgehead atoms. The monoisotopic (exact) mass is 1420 g/mol. The number of benzene rings is 5. The van der Waals surface area contributed by atoms with Crippen molar-refractivity contribution >= 4 is 22.1 Å². The fraction of sp³-hybridized carbons (Fsp3) is 0.138. The quantitative estimate of drug-likeness (QED) is 0.118. The van der Waals surface area contributed by atoms with Gasteiger partial charge in [-0.05, 0) is 79.3 Å². The molecule has 9 aromatic rings. The van der Waals surface area contributed by atoms with Crippen molar-refractivity contribution in [1.29, 1.82) is 0 Å². The van der Waals surface area contributed by atoms with Crippen LogP contribution in [0.15, 0.2) is 164 Å². The van der Waals surface area contributed by atoms with Crippen molar-refractivity contribution in [2.45, 2.75) is 38.5 Å². The van der Waals surface area contributed by atoms with E-state index in [9.17, 15) is 35.1 Å². The third-order valence-electron chi connectivity index (χ3n) is 11.2. The molecule has 20 heteroatoms. The largest absolute Gasteiger partial charge is 0.573 e. The van der Waals surface area contributed by atoms with Crippen LogP contribution in [0.3, 0.4) is 0 Å². The molecule has 0 N–H and O–H groups in total. The SMILES string of the molecule is CC(C)(C)c1c[c-]c(-c2cccc(-c3cc(C(F)(F)F)n[n-]3)n2)cc1.CN1C=CN(c2[c-]cc(F)cc2)[CH-]1.CN1C=CN(c2[c-]cc(F)cc2)[CH-]1.FC(F)(F)c1cc(-c2nc(-c3[c-]cccc3)cc3ccccc23)[n-]n1.[Ir].[Ir]. The van der Waals surface area contributed by atoms with Crippen molar-refractivity contribution in [3.8, 4) is 45.3 Å². The molecule has 78 heavy (non-hydrogen) atoms. The molecule has 4 aromatic heterocycles. The summed E-state index contributed by atoms with van der Waals surface area (Å²) in [7, 11) is 3.86. The second-order valence-corrected chi connectivity index (χ2v) is 18.0. The molecule has 5 aromatic carbocycles. The fourth-order valence-corrected chi connectivity index (χ4v) is 7.27. The fourth-order valence-electron chi connectivity index (χ4n) is 7.27. The molecule has 0 atom stereocenters. The van der Waals surface area contributed by atoms with Crippen molar-refractivity contribution in [3.63, 3.8) is 0 Å². The van der Waals surface area contributed by atoms with E-state index in [0.29, 0.717) is 22.8 Å². The molecule has 2 aliphatic heterocycles. The van der Waals surface area contributed by atoms with Crippen LogP contribution < -0.4 is 20.0 Å². The summed E-state index contributed by atoms with van der Waals surface area (Å²) in [5.41, 5.74) is 4.46. The minimum Gasteiger partial charge on any atom is -0.573 e. The van der Waals surface area contributed by atoms with Gasteiger partial charge in [0.05, 0.1) is 0 Å². The number of hydrogen-bond acceptors (Lipinski definition) is 8. The summed E-state index contributed by atoms with van der Waals surface area (Å²) in [6.45, 7) is 10.1. The number of rotatable bonds is 6. The molecule has 2 radical (unpaired) electrons. The van der Waals surface area contributed by atoms with Crippen LogP contribution in [-0.2, 0) is 58.0 Å². The second kappa shape index (κ2) is 25.8. The van der Waals surface area contributed by atoms with Gasteiger partial charge in [-0.15, -0.1) is 119 Å². The van der Waals surface area contributed by atoms with Crippen molar-refractivity contribution in [1.82, 2.24) is 40.2 Å². The van der Waals surface area contributed by atoms with Crippen LogP contribution in [0.25, 0.3) is 56.1 Å². The summed E-state index contributed by atoms with van der Waals surface area (Å²) >= 11 is 0. The van der Waals surface area contributed by atoms with E-state index in [-0.39, 0.29) is 68.6 Å². The van der Waals surface area contributed by atoms with Gasteiger partial charge in [-0.2, -0.15) is 51.8 Å². The Hall–Kier alpha value is -7.50. The summed E-state index contributed by atoms with van der Waals surface area (Å²) < 4.78 is 102. The van der Waals surface area contributed by atoms with Crippen LogP contribution in [0.5, 0.6) is 0 Å². The van der Waals surface area contributed by atoms with Crippen LogP contribution in [0.4, 0.5) is 46.5 Å². The van der Waals surface area contributed by atoms with Crippen molar-refractivity contribution < 1.29 is 75.3 Å². The van der Waals surface area contributed by atoms with E-state index < -0.39 is 23.7 Å². The van der Waals surface area contributed by atoms with Gasteiger partial charge in [0.25, 0.3) is 0 Å². The summed E-state index contributed by atoms with van der Waals surface area (Å²) in [5.74, 6) is -0.527. The Bertz CT molecular complexity index is 3340. The van der Waals surface area contributed by atoms with Gasteiger partial charge in [-0.3, -0.25) is 18.7 Å². The first kappa shape index (κ1) is 59.7. The van der Waals surface area contributed by atoms with Gasteiger partial charge in [0.1, 0.15) is 11.4 Å². The number of fused-ring (bicyclic) bond motifs is 1. The van der Waals surface area contributed by atoms with Crippen LogP contribution in [0, 0.1) is 49.2 Å². The Morgan fingerprint density at radius 1 is 0.513 bits per heavy atom. The molecule has 10 nitrogen and oxygen atoms in total. The number of hydrogen-bond donors (Lipinski definition) is 0. The average Bonchev–Trinajstić information content (AvgIpc) is 4.27. The Labute approximate surface area is 473 Å². The molecule has 0 unspecified atom stereocenters. The number of aromatic nitrogens is 6. The third-order valence-corrected chi connectivity index (χ3v) is 11.2. The van der Waals surface area contributed by atoms with Crippen LogP contribution >= 0.6 is 0 Å². The van der Waals surface area contributed by atoms with Crippen molar-refractivity contribution in [3.05, 3.63) is 231 Å². The Morgan fingerprint density at radius 3 is 1.55 bits per heavy atom. The van der Waals surface area contributed by atoms with Gasteiger partial charge in [-0.1, -0.05) is 74.6 Å². The first-order valence-electron chi connectivity index (χ1n) is 23.1. The van der Waals surface area contributed by atoms with Gasteiger partial charge in [0.2, 0.25) is 0 Å². The van der Waals surface area contributed by atoms with Crippen molar-refractivity contribution in [2.24, 2.45) is 0 Å². The van der Waals surface area contributed by atoms with Crippen LogP contribution in [-0.4, -0.2) is 44.1 Å². The normalized spacial score (nSPS) is 12.9. The van der Waals surface area contributed by atoms with Gasteiger partial charge in [-0.25, -0.2) is 0 Å². The minimum atomic E-state index is -4.54. The van der Waals surface area contributed by atoms with E-state index in [1.807, 2.05) is 132 Å². The number of anilines is 2. The molecule has 0 amide bonds. The van der Waals surface area contributed by atoms with Gasteiger partial charge >= 0.3 is 12.4 Å². The van der Waals surface area contributed by atoms with E-state index in [1.165, 1.54) is 24.3 Å². The Balaban J connectivity index is 0.000000174. The maximum absolute atomic E-state index is 12.8. The summed E-state index contributed by atoms with van der Waals surface area (Å²) in [4.78, 5) is 16.5. The molecular weight excluding hydrogens is 1370 g/mol. The zero-order chi connectivity index (χ0) is 54.2. The maximum Gasteiger partial charge on any atom is 0.431 e. The summed E-state index contributed by atoms with van der Waals surface area (Å²) in [6, 6.07) is 50.1. The molecule has 0 saturated carbocycles. The standard InChI is InChI=1S/C19H10F3N3.C19H16F3N3.2C10H9FN2.2Ir/c20-19(21,22)17-11-16(24-25-17)18-14-9-5-4-8-13(14)10-15(23-18)12-6-2-1-3-7-12;1-18(2,3)13-9-7-12(8-10-13)14-5-4-6-15(23-14)16-11-17(25-24-16)19(20,21)22;2*1-12-6-7-13(8-12)10-4-2-9(11)3-5-10;;/h1-6,8-11H;4-7,9-11H,1-3H3;2*2-4,6-8H,1H3;;/q4*-2;;. The maximum atomic E-state index is 12.8. The van der Waals surface area contributed by atoms with Gasteiger partial charge in [0.15, 0.2) is 0 Å². The van der Waals surface area contributed by atoms with Gasteiger partial charge < -0.3 is 40.0 Å². The molecule has 11 rings (SSSR count). The zero-order valence-corrected chi connectivity index (χ0v) is 46.7. The predicted octanol–water partition coefficient (Wildman–Crippen LogP) is 13.6. The topological polar surface area (TPSA) is 92.7 Å². The van der Waals surface area contributed by atoms with Gasteiger partial charge in [0, 0.05) is 68.6 Å². The molecular formula is C58H44F8Ir2N10-8. The minimum absolute atomic E-state index is 0. The molecule has 408 valence electrons. The smallest absolute Gasteiger partial charge is 0.431 e. The average molecular weight is 1420 g/mol. The second-order valence-electron chi connectivity index (χ2n) is 18.0. The van der Waals surface area contributed by atoms with Crippen LogP contribution in [0.2, 0.25) is 0 Å². The first-order chi connectivity index (χ1) is 36.2. The molecule has 2 aliphatic rings. The van der Waals surface area contributed by atoms with E-state index in [1.54, 1.807) is 42.5 Å². The van der Waals surface area contributed by atoms with E-state index in [4.69, 9.17) is 0 Å². The molecule has 0 aliphatic carbocycles. The predicted molar refractivity (Wildman–Crippen MR) is 274 cm³/mol. The number of halogens is 8. The molecule has 0 fully saturated rings. The third kappa shape index (κ3) is 15.6. The Morgan fingerprint density at radius 2 is 1.06 bits per heavy atom. The molecule has 0 spiro atoms. The van der Waals surface area contributed by atoms with E-state index >= 15 is 0 Å². The first-order valence-corrected chi connectivity index (χ1v) is 23.1. The van der Waals surface area contributed by atoms with E-state index in [0.717, 1.165) is 51.0 Å². The summed E-state index contributed by atoms with van der Waals surface area (Å²) in [6.07, 6.45) is -1.44. The zero-order valence-electron chi connectivity index (χ0n) is 41.9. The Kier molecular flexibility index (Phi) is 19.7. The molecule has 6 heterocycles. The van der Waals surface area contributed by atoms with Crippen LogP contribution in [0.1, 0.15) is 37.7 Å². The number of nitrogens with zero attached hydrogens (tertiary/aromatic N) is 10. The molecule has 0 saturated heterocycles. The van der Waals surface area contributed by atoms with Crippen molar-refractivity contribution in [2.75, 3.05) is 23.9 Å². The summed E-state index contributed by atoms with van der Waals surface area (Å²) in [5, 5.41) is 15.3. The number of pyridine rings is 2. The number of alkyl halides is 6. The van der Waals surface area contributed by atoms with E-state index in [2.05, 4.69) is 75.4 Å².